The highest BCUT2D eigenvalue weighted by atomic mass is 16.3. The normalized spacial score (nSPS) is 10.8. The summed E-state index contributed by atoms with van der Waals surface area (Å²) in [6.45, 7) is 0. The molecule has 2 aromatic carbocycles. The molecular formula is C15H10O5. The summed E-state index contributed by atoms with van der Waals surface area (Å²) < 4.78 is 5.54. The summed E-state index contributed by atoms with van der Waals surface area (Å²) in [5, 5.41) is 28.7. The van der Waals surface area contributed by atoms with Crippen LogP contribution in [0.5, 0.6) is 17.2 Å². The SMILES string of the molecule is O=c1cc(-c2cc(O)cc(O)c2)oc2cc(O)ccc12. The third-order valence-electron chi connectivity index (χ3n) is 2.90. The largest absolute Gasteiger partial charge is 0.508 e. The van der Waals surface area contributed by atoms with Crippen LogP contribution in [0.2, 0.25) is 0 Å². The quantitative estimate of drug-likeness (QED) is 0.632. The molecule has 1 heterocycles. The van der Waals surface area contributed by atoms with Crippen LogP contribution in [0.15, 0.2) is 51.7 Å². The van der Waals surface area contributed by atoms with Gasteiger partial charge in [-0.2, -0.15) is 0 Å². The Labute approximate surface area is 113 Å². The fourth-order valence-corrected chi connectivity index (χ4v) is 2.02. The van der Waals surface area contributed by atoms with Gasteiger partial charge in [0.15, 0.2) is 5.43 Å². The van der Waals surface area contributed by atoms with Crippen LogP contribution in [0.4, 0.5) is 0 Å². The molecule has 3 aromatic rings. The van der Waals surface area contributed by atoms with Crippen molar-refractivity contribution in [2.24, 2.45) is 0 Å². The van der Waals surface area contributed by atoms with Gasteiger partial charge in [-0.15, -0.1) is 0 Å². The number of aromatic hydroxyl groups is 3. The number of phenols is 3. The monoisotopic (exact) mass is 270 g/mol. The molecule has 3 rings (SSSR count). The van der Waals surface area contributed by atoms with E-state index in [9.17, 15) is 20.1 Å². The molecule has 0 saturated heterocycles. The third-order valence-corrected chi connectivity index (χ3v) is 2.90. The van der Waals surface area contributed by atoms with Crippen LogP contribution >= 0.6 is 0 Å². The first-order valence-corrected chi connectivity index (χ1v) is 5.83. The summed E-state index contributed by atoms with van der Waals surface area (Å²) in [6, 6.07) is 9.39. The van der Waals surface area contributed by atoms with E-state index in [2.05, 4.69) is 0 Å². The Morgan fingerprint density at radius 1 is 0.800 bits per heavy atom. The van der Waals surface area contributed by atoms with E-state index in [-0.39, 0.29) is 34.0 Å². The molecule has 0 fully saturated rings. The second-order valence-electron chi connectivity index (χ2n) is 4.39. The molecule has 0 aliphatic carbocycles. The summed E-state index contributed by atoms with van der Waals surface area (Å²) >= 11 is 0. The van der Waals surface area contributed by atoms with E-state index >= 15 is 0 Å². The molecule has 0 spiro atoms. The molecule has 0 unspecified atom stereocenters. The smallest absolute Gasteiger partial charge is 0.193 e. The summed E-state index contributed by atoms with van der Waals surface area (Å²) in [6.07, 6.45) is 0. The zero-order valence-electron chi connectivity index (χ0n) is 10.2. The summed E-state index contributed by atoms with van der Waals surface area (Å²) in [4.78, 5) is 12.0. The molecule has 1 aromatic heterocycles. The number of hydrogen-bond donors (Lipinski definition) is 3. The lowest BCUT2D eigenvalue weighted by atomic mass is 10.1. The lowest BCUT2D eigenvalue weighted by molar-refractivity contribution is 0.450. The number of phenolic OH excluding ortho intramolecular Hbond substituents is 3. The van der Waals surface area contributed by atoms with E-state index in [0.717, 1.165) is 0 Å². The van der Waals surface area contributed by atoms with E-state index in [1.807, 2.05) is 0 Å². The Morgan fingerprint density at radius 3 is 2.20 bits per heavy atom. The molecule has 0 atom stereocenters. The van der Waals surface area contributed by atoms with Crippen LogP contribution < -0.4 is 5.43 Å². The minimum Gasteiger partial charge on any atom is -0.508 e. The Bertz CT molecular complexity index is 844. The first kappa shape index (κ1) is 12.1. The van der Waals surface area contributed by atoms with E-state index in [0.29, 0.717) is 10.9 Å². The summed E-state index contributed by atoms with van der Waals surface area (Å²) in [5.74, 6) is -0.104. The van der Waals surface area contributed by atoms with Gasteiger partial charge < -0.3 is 19.7 Å². The van der Waals surface area contributed by atoms with Gasteiger partial charge in [-0.1, -0.05) is 0 Å². The predicted molar refractivity (Wildman–Crippen MR) is 72.9 cm³/mol. The van der Waals surface area contributed by atoms with Gasteiger partial charge in [-0.25, -0.2) is 0 Å². The Balaban J connectivity index is 2.29. The molecule has 0 bridgehead atoms. The highest BCUT2D eigenvalue weighted by molar-refractivity contribution is 5.80. The van der Waals surface area contributed by atoms with E-state index in [4.69, 9.17) is 4.42 Å². The number of hydrogen-bond acceptors (Lipinski definition) is 5. The second kappa shape index (κ2) is 4.31. The van der Waals surface area contributed by atoms with Crippen LogP contribution in [0, 0.1) is 0 Å². The Kier molecular flexibility index (Phi) is 2.61. The van der Waals surface area contributed by atoms with E-state index < -0.39 is 0 Å². The molecular weight excluding hydrogens is 260 g/mol. The van der Waals surface area contributed by atoms with Crippen LogP contribution in [0.3, 0.4) is 0 Å². The average molecular weight is 270 g/mol. The number of benzene rings is 2. The highest BCUT2D eigenvalue weighted by Crippen LogP contribution is 2.30. The maximum Gasteiger partial charge on any atom is 0.193 e. The molecule has 100 valence electrons. The average Bonchev–Trinajstić information content (AvgIpc) is 2.36. The van der Waals surface area contributed by atoms with Crippen molar-refractivity contribution in [1.29, 1.82) is 0 Å². The van der Waals surface area contributed by atoms with Crippen molar-refractivity contribution in [3.8, 4) is 28.6 Å². The molecule has 0 saturated carbocycles. The van der Waals surface area contributed by atoms with Crippen LogP contribution in [-0.4, -0.2) is 15.3 Å². The minimum absolute atomic E-state index is 0.0171. The van der Waals surface area contributed by atoms with Crippen molar-refractivity contribution in [2.75, 3.05) is 0 Å². The van der Waals surface area contributed by atoms with Gasteiger partial charge >= 0.3 is 0 Å². The maximum atomic E-state index is 12.0. The van der Waals surface area contributed by atoms with Gasteiger partial charge in [0, 0.05) is 23.8 Å². The zero-order chi connectivity index (χ0) is 14.3. The topological polar surface area (TPSA) is 90.9 Å². The zero-order valence-corrected chi connectivity index (χ0v) is 10.2. The van der Waals surface area contributed by atoms with E-state index in [1.54, 1.807) is 0 Å². The number of fused-ring (bicyclic) bond motifs is 1. The van der Waals surface area contributed by atoms with Crippen molar-refractivity contribution >= 4 is 11.0 Å². The minimum atomic E-state index is -0.274. The van der Waals surface area contributed by atoms with E-state index in [1.165, 1.54) is 42.5 Å². The standard InChI is InChI=1S/C15H10O5/c16-9-1-2-12-13(19)7-14(20-15(12)6-9)8-3-10(17)5-11(18)4-8/h1-7,16-18H. The van der Waals surface area contributed by atoms with Crippen molar-refractivity contribution in [3.05, 3.63) is 52.7 Å². The third kappa shape index (κ3) is 2.05. The van der Waals surface area contributed by atoms with Crippen LogP contribution in [0.1, 0.15) is 0 Å². The van der Waals surface area contributed by atoms with Gasteiger partial charge in [0.05, 0.1) is 5.39 Å². The first-order chi connectivity index (χ1) is 9.52. The van der Waals surface area contributed by atoms with Crippen molar-refractivity contribution in [3.63, 3.8) is 0 Å². The molecule has 0 aliphatic heterocycles. The van der Waals surface area contributed by atoms with Gasteiger partial charge in [-0.05, 0) is 24.3 Å². The fraction of sp³-hybridized carbons (Fsp3) is 0. The maximum absolute atomic E-state index is 12.0. The Hall–Kier alpha value is -2.95. The van der Waals surface area contributed by atoms with Gasteiger partial charge in [0.25, 0.3) is 0 Å². The predicted octanol–water partition coefficient (Wildman–Crippen LogP) is 2.58. The molecule has 5 nitrogen and oxygen atoms in total. The molecule has 3 N–H and O–H groups in total. The van der Waals surface area contributed by atoms with Crippen LogP contribution in [0.25, 0.3) is 22.3 Å². The fourth-order valence-electron chi connectivity index (χ4n) is 2.02. The molecule has 0 aliphatic rings. The summed E-state index contributed by atoms with van der Waals surface area (Å²) in [5.41, 5.74) is 0.323. The molecule has 5 heteroatoms. The van der Waals surface area contributed by atoms with Gasteiger partial charge in [-0.3, -0.25) is 4.79 Å². The van der Waals surface area contributed by atoms with Crippen LogP contribution in [-0.2, 0) is 0 Å². The highest BCUT2D eigenvalue weighted by Gasteiger charge is 2.09. The summed E-state index contributed by atoms with van der Waals surface area (Å²) in [7, 11) is 0. The second-order valence-corrected chi connectivity index (χ2v) is 4.39. The van der Waals surface area contributed by atoms with Gasteiger partial charge in [0.1, 0.15) is 28.6 Å². The number of rotatable bonds is 1. The lowest BCUT2D eigenvalue weighted by Crippen LogP contribution is -1.99. The lowest BCUT2D eigenvalue weighted by Gasteiger charge is -2.05. The first-order valence-electron chi connectivity index (χ1n) is 5.83. The van der Waals surface area contributed by atoms with Crippen molar-refractivity contribution < 1.29 is 19.7 Å². The Morgan fingerprint density at radius 2 is 1.50 bits per heavy atom. The van der Waals surface area contributed by atoms with Gasteiger partial charge in [0.2, 0.25) is 0 Å². The molecule has 20 heavy (non-hydrogen) atoms. The molecule has 0 radical (unpaired) electrons. The van der Waals surface area contributed by atoms with Crippen molar-refractivity contribution in [1.82, 2.24) is 0 Å². The molecule has 0 amide bonds. The van der Waals surface area contributed by atoms with Crippen molar-refractivity contribution in [2.45, 2.75) is 0 Å².